The van der Waals surface area contributed by atoms with Crippen molar-refractivity contribution in [2.45, 2.75) is 31.6 Å². The smallest absolute Gasteiger partial charge is 0.227 e. The maximum absolute atomic E-state index is 12.9. The van der Waals surface area contributed by atoms with Crippen molar-refractivity contribution in [3.05, 3.63) is 53.6 Å². The van der Waals surface area contributed by atoms with Gasteiger partial charge in [0.15, 0.2) is 11.5 Å². The number of carbonyl (C=O) groups excluding carboxylic acids is 2. The number of fused-ring (bicyclic) bond motifs is 1. The fourth-order valence-electron chi connectivity index (χ4n) is 4.59. The number of rotatable bonds is 5. The van der Waals surface area contributed by atoms with Crippen molar-refractivity contribution >= 4 is 17.5 Å². The van der Waals surface area contributed by atoms with Gasteiger partial charge in [-0.2, -0.15) is 0 Å². The Bertz CT molecular complexity index is 998. The van der Waals surface area contributed by atoms with E-state index in [2.05, 4.69) is 30.4 Å². The van der Waals surface area contributed by atoms with Gasteiger partial charge in [0.2, 0.25) is 11.8 Å². The zero-order valence-corrected chi connectivity index (χ0v) is 17.1. The van der Waals surface area contributed by atoms with Gasteiger partial charge in [0.25, 0.3) is 0 Å². The molecule has 1 aliphatic carbocycles. The minimum absolute atomic E-state index is 0.0353. The van der Waals surface area contributed by atoms with E-state index in [9.17, 15) is 9.59 Å². The molecule has 1 N–H and O–H groups in total. The van der Waals surface area contributed by atoms with Crippen molar-refractivity contribution in [1.29, 1.82) is 0 Å². The molecule has 2 aromatic carbocycles. The van der Waals surface area contributed by atoms with Gasteiger partial charge >= 0.3 is 0 Å². The Morgan fingerprint density at radius 2 is 1.90 bits per heavy atom. The number of benzene rings is 2. The standard InChI is InChI=1S/C24H26N2O4/c1-16-4-2-3-5-19(16)24(8-9-24)15-25-23(28)17-12-22(27)26(14-17)18-6-7-20-21(13-18)30-11-10-29-20/h2-7,13,17H,8-12,14-15H2,1H3,(H,25,28). The third-order valence-corrected chi connectivity index (χ3v) is 6.50. The van der Waals surface area contributed by atoms with Gasteiger partial charge in [-0.3, -0.25) is 9.59 Å². The number of nitrogens with zero attached hydrogens (tertiary/aromatic N) is 1. The molecular formula is C24H26N2O4. The van der Waals surface area contributed by atoms with E-state index in [1.807, 2.05) is 24.3 Å². The van der Waals surface area contributed by atoms with Crippen molar-refractivity contribution < 1.29 is 19.1 Å². The molecule has 6 heteroatoms. The highest BCUT2D eigenvalue weighted by atomic mass is 16.6. The summed E-state index contributed by atoms with van der Waals surface area (Å²) in [5, 5.41) is 3.13. The molecule has 2 fully saturated rings. The first-order valence-electron chi connectivity index (χ1n) is 10.6. The molecule has 0 spiro atoms. The molecular weight excluding hydrogens is 380 g/mol. The average Bonchev–Trinajstić information content (AvgIpc) is 3.45. The Morgan fingerprint density at radius 3 is 2.67 bits per heavy atom. The zero-order chi connectivity index (χ0) is 20.7. The molecule has 2 aromatic rings. The van der Waals surface area contributed by atoms with Crippen LogP contribution in [-0.2, 0) is 15.0 Å². The topological polar surface area (TPSA) is 67.9 Å². The van der Waals surface area contributed by atoms with E-state index < -0.39 is 0 Å². The number of carbonyl (C=O) groups is 2. The van der Waals surface area contributed by atoms with E-state index >= 15 is 0 Å². The van der Waals surface area contributed by atoms with Crippen molar-refractivity contribution in [3.8, 4) is 11.5 Å². The van der Waals surface area contributed by atoms with Gasteiger partial charge in [-0.15, -0.1) is 0 Å². The van der Waals surface area contributed by atoms with E-state index in [1.54, 1.807) is 4.90 Å². The van der Waals surface area contributed by atoms with E-state index in [-0.39, 0.29) is 29.6 Å². The highest BCUT2D eigenvalue weighted by Gasteiger charge is 2.46. The largest absolute Gasteiger partial charge is 0.486 e. The van der Waals surface area contributed by atoms with Crippen LogP contribution in [0.2, 0.25) is 0 Å². The maximum Gasteiger partial charge on any atom is 0.227 e. The fourth-order valence-corrected chi connectivity index (χ4v) is 4.59. The van der Waals surface area contributed by atoms with Gasteiger partial charge in [0, 0.05) is 36.7 Å². The van der Waals surface area contributed by atoms with Crippen molar-refractivity contribution in [2.24, 2.45) is 5.92 Å². The minimum Gasteiger partial charge on any atom is -0.486 e. The van der Waals surface area contributed by atoms with Crippen LogP contribution in [0.5, 0.6) is 11.5 Å². The lowest BCUT2D eigenvalue weighted by atomic mass is 9.91. The summed E-state index contributed by atoms with van der Waals surface area (Å²) in [5.41, 5.74) is 3.40. The molecule has 1 saturated heterocycles. The summed E-state index contributed by atoms with van der Waals surface area (Å²) in [6.45, 7) is 4.17. The average molecular weight is 406 g/mol. The van der Waals surface area contributed by atoms with Crippen LogP contribution >= 0.6 is 0 Å². The van der Waals surface area contributed by atoms with Gasteiger partial charge in [0.1, 0.15) is 13.2 Å². The summed E-state index contributed by atoms with van der Waals surface area (Å²) in [6.07, 6.45) is 2.41. The van der Waals surface area contributed by atoms with E-state index in [0.29, 0.717) is 37.8 Å². The molecule has 0 aromatic heterocycles. The molecule has 2 aliphatic heterocycles. The quantitative estimate of drug-likeness (QED) is 0.829. The van der Waals surface area contributed by atoms with Crippen LogP contribution in [0.3, 0.4) is 0 Å². The first-order chi connectivity index (χ1) is 14.6. The molecule has 2 heterocycles. The van der Waals surface area contributed by atoms with E-state index in [1.165, 1.54) is 11.1 Å². The van der Waals surface area contributed by atoms with Gasteiger partial charge < -0.3 is 19.7 Å². The highest BCUT2D eigenvalue weighted by Crippen LogP contribution is 2.48. The number of hydrogen-bond acceptors (Lipinski definition) is 4. The third-order valence-electron chi connectivity index (χ3n) is 6.50. The Labute approximate surface area is 176 Å². The fraction of sp³-hybridized carbons (Fsp3) is 0.417. The number of amides is 2. The second-order valence-corrected chi connectivity index (χ2v) is 8.55. The number of ether oxygens (including phenoxy) is 2. The van der Waals surface area contributed by atoms with Gasteiger partial charge in [0.05, 0.1) is 5.92 Å². The van der Waals surface area contributed by atoms with Crippen LogP contribution in [0.25, 0.3) is 0 Å². The Hall–Kier alpha value is -3.02. The van der Waals surface area contributed by atoms with Gasteiger partial charge in [-0.05, 0) is 43.0 Å². The van der Waals surface area contributed by atoms with Crippen LogP contribution in [0.15, 0.2) is 42.5 Å². The van der Waals surface area contributed by atoms with Gasteiger partial charge in [-0.1, -0.05) is 24.3 Å². The lowest BCUT2D eigenvalue weighted by Crippen LogP contribution is -2.37. The summed E-state index contributed by atoms with van der Waals surface area (Å²) in [4.78, 5) is 27.1. The second kappa shape index (κ2) is 7.35. The highest BCUT2D eigenvalue weighted by molar-refractivity contribution is 6.00. The van der Waals surface area contributed by atoms with Crippen LogP contribution in [0, 0.1) is 12.8 Å². The summed E-state index contributed by atoms with van der Waals surface area (Å²) >= 11 is 0. The molecule has 30 heavy (non-hydrogen) atoms. The summed E-state index contributed by atoms with van der Waals surface area (Å²) in [6, 6.07) is 13.9. The normalized spacial score (nSPS) is 21.4. The maximum atomic E-state index is 12.9. The minimum atomic E-state index is -0.335. The molecule has 5 rings (SSSR count). The Morgan fingerprint density at radius 1 is 1.13 bits per heavy atom. The number of anilines is 1. The Balaban J connectivity index is 1.24. The molecule has 3 aliphatic rings. The predicted molar refractivity (Wildman–Crippen MR) is 113 cm³/mol. The number of aryl methyl sites for hydroxylation is 1. The molecule has 1 saturated carbocycles. The summed E-state index contributed by atoms with van der Waals surface area (Å²) in [5.74, 6) is 0.929. The first-order valence-corrected chi connectivity index (χ1v) is 10.6. The molecule has 0 radical (unpaired) electrons. The molecule has 1 atom stereocenters. The van der Waals surface area contributed by atoms with Crippen LogP contribution in [0.1, 0.15) is 30.4 Å². The van der Waals surface area contributed by atoms with Crippen LogP contribution in [-0.4, -0.2) is 38.1 Å². The summed E-state index contributed by atoms with van der Waals surface area (Å²) in [7, 11) is 0. The molecule has 6 nitrogen and oxygen atoms in total. The lowest BCUT2D eigenvalue weighted by molar-refractivity contribution is -0.126. The van der Waals surface area contributed by atoms with Crippen LogP contribution in [0.4, 0.5) is 5.69 Å². The molecule has 156 valence electrons. The van der Waals surface area contributed by atoms with Crippen molar-refractivity contribution in [3.63, 3.8) is 0 Å². The number of hydrogen-bond donors (Lipinski definition) is 1. The van der Waals surface area contributed by atoms with Crippen molar-refractivity contribution in [2.75, 3.05) is 31.2 Å². The van der Waals surface area contributed by atoms with E-state index in [4.69, 9.17) is 9.47 Å². The third kappa shape index (κ3) is 3.40. The zero-order valence-electron chi connectivity index (χ0n) is 17.1. The van der Waals surface area contributed by atoms with Gasteiger partial charge in [-0.25, -0.2) is 0 Å². The molecule has 2 amide bonds. The monoisotopic (exact) mass is 406 g/mol. The lowest BCUT2D eigenvalue weighted by Gasteiger charge is -2.22. The SMILES string of the molecule is Cc1ccccc1C1(CNC(=O)C2CC(=O)N(c3ccc4c(c3)OCCO4)C2)CC1. The molecule has 1 unspecified atom stereocenters. The van der Waals surface area contributed by atoms with E-state index in [0.717, 1.165) is 18.5 Å². The van der Waals surface area contributed by atoms with Crippen LogP contribution < -0.4 is 19.7 Å². The Kier molecular flexibility index (Phi) is 4.65. The second-order valence-electron chi connectivity index (χ2n) is 8.55. The van der Waals surface area contributed by atoms with Crippen molar-refractivity contribution in [1.82, 2.24) is 5.32 Å². The predicted octanol–water partition coefficient (Wildman–Crippen LogP) is 2.97. The molecule has 0 bridgehead atoms. The number of nitrogens with one attached hydrogen (secondary N) is 1. The first kappa shape index (κ1) is 19.0. The summed E-state index contributed by atoms with van der Waals surface area (Å²) < 4.78 is 11.2.